The minimum atomic E-state index is 0. The van der Waals surface area contributed by atoms with E-state index in [2.05, 4.69) is 31.3 Å². The second-order valence-electron chi connectivity index (χ2n) is 5.97. The van der Waals surface area contributed by atoms with Crippen LogP contribution in [0, 0.1) is 0 Å². The molecule has 26 heavy (non-hydrogen) atoms. The van der Waals surface area contributed by atoms with E-state index in [0.29, 0.717) is 6.54 Å². The molecule has 0 unspecified atom stereocenters. The summed E-state index contributed by atoms with van der Waals surface area (Å²) < 4.78 is 10.3. The lowest BCUT2D eigenvalue weighted by molar-refractivity contribution is 0.169. The highest BCUT2D eigenvalue weighted by atomic mass is 127. The number of hydrogen-bond acceptors (Lipinski definition) is 5. The van der Waals surface area contributed by atoms with E-state index in [-0.39, 0.29) is 24.0 Å². The molecule has 0 spiro atoms. The quantitative estimate of drug-likeness (QED) is 0.410. The molecule has 2 aromatic rings. The number of rotatable bonds is 5. The van der Waals surface area contributed by atoms with Crippen molar-refractivity contribution in [1.82, 2.24) is 20.3 Å². The number of ether oxygens (including phenoxy) is 1. The number of benzene rings is 1. The highest BCUT2D eigenvalue weighted by Crippen LogP contribution is 2.17. The average molecular weight is 471 g/mol. The van der Waals surface area contributed by atoms with E-state index in [4.69, 9.17) is 9.26 Å². The summed E-state index contributed by atoms with van der Waals surface area (Å²) in [4.78, 5) is 9.09. The van der Waals surface area contributed by atoms with Crippen LogP contribution in [0.2, 0.25) is 0 Å². The summed E-state index contributed by atoms with van der Waals surface area (Å²) in [5, 5.41) is 7.42. The van der Waals surface area contributed by atoms with Crippen LogP contribution < -0.4 is 10.1 Å². The first kappa shape index (κ1) is 20.5. The van der Waals surface area contributed by atoms with Crippen LogP contribution in [0.4, 0.5) is 0 Å². The average Bonchev–Trinajstić information content (AvgIpc) is 3.17. The minimum absolute atomic E-state index is 0. The van der Waals surface area contributed by atoms with Gasteiger partial charge in [-0.3, -0.25) is 9.89 Å². The molecule has 142 valence electrons. The number of methoxy groups -OCH3 is 1. The molecular weight excluding hydrogens is 445 g/mol. The van der Waals surface area contributed by atoms with E-state index in [0.717, 1.165) is 55.7 Å². The second-order valence-corrected chi connectivity index (χ2v) is 5.97. The van der Waals surface area contributed by atoms with Crippen molar-refractivity contribution >= 4 is 29.9 Å². The maximum Gasteiger partial charge on any atom is 0.194 e. The third-order valence-corrected chi connectivity index (χ3v) is 4.39. The molecular formula is C18H26IN5O2. The van der Waals surface area contributed by atoms with Gasteiger partial charge in [-0.25, -0.2) is 0 Å². The van der Waals surface area contributed by atoms with Gasteiger partial charge in [0.1, 0.15) is 12.0 Å². The minimum Gasteiger partial charge on any atom is -0.496 e. The lowest BCUT2D eigenvalue weighted by Crippen LogP contribution is -2.52. The van der Waals surface area contributed by atoms with Gasteiger partial charge in [0.15, 0.2) is 5.96 Å². The molecule has 1 saturated heterocycles. The van der Waals surface area contributed by atoms with Gasteiger partial charge in [-0.1, -0.05) is 23.4 Å². The van der Waals surface area contributed by atoms with Crippen LogP contribution in [0.15, 0.2) is 46.1 Å². The zero-order chi connectivity index (χ0) is 17.5. The maximum absolute atomic E-state index is 5.41. The van der Waals surface area contributed by atoms with Gasteiger partial charge in [-0.15, -0.1) is 24.0 Å². The van der Waals surface area contributed by atoms with Gasteiger partial charge in [-0.2, -0.15) is 0 Å². The van der Waals surface area contributed by atoms with Crippen LogP contribution in [0.3, 0.4) is 0 Å². The number of para-hydroxylation sites is 1. The molecule has 3 rings (SSSR count). The van der Waals surface area contributed by atoms with Gasteiger partial charge in [0.05, 0.1) is 12.8 Å². The van der Waals surface area contributed by atoms with Gasteiger partial charge in [-0.05, 0) is 6.07 Å². The third-order valence-electron chi connectivity index (χ3n) is 4.39. The Morgan fingerprint density at radius 3 is 2.65 bits per heavy atom. The van der Waals surface area contributed by atoms with Crippen LogP contribution >= 0.6 is 24.0 Å². The van der Waals surface area contributed by atoms with Crippen molar-refractivity contribution in [3.63, 3.8) is 0 Å². The number of piperazine rings is 1. The molecule has 0 saturated carbocycles. The zero-order valence-electron chi connectivity index (χ0n) is 15.2. The zero-order valence-corrected chi connectivity index (χ0v) is 17.6. The molecule has 0 bridgehead atoms. The first-order valence-electron chi connectivity index (χ1n) is 8.49. The van der Waals surface area contributed by atoms with Gasteiger partial charge in [0.2, 0.25) is 0 Å². The molecule has 1 aromatic carbocycles. The van der Waals surface area contributed by atoms with Crippen molar-refractivity contribution in [1.29, 1.82) is 0 Å². The molecule has 7 nitrogen and oxygen atoms in total. The fourth-order valence-electron chi connectivity index (χ4n) is 3.02. The number of guanidine groups is 1. The Hall–Kier alpha value is -1.81. The molecule has 0 radical (unpaired) electrons. The summed E-state index contributed by atoms with van der Waals surface area (Å²) in [6, 6.07) is 9.95. The predicted octanol–water partition coefficient (Wildman–Crippen LogP) is 2.19. The van der Waals surface area contributed by atoms with E-state index in [1.807, 2.05) is 31.3 Å². The first-order valence-corrected chi connectivity index (χ1v) is 8.49. The summed E-state index contributed by atoms with van der Waals surface area (Å²) in [5.41, 5.74) is 2.10. The molecule has 2 heterocycles. The molecule has 0 amide bonds. The lowest BCUT2D eigenvalue weighted by Gasteiger charge is -2.36. The Morgan fingerprint density at radius 2 is 2.00 bits per heavy atom. The largest absolute Gasteiger partial charge is 0.496 e. The molecule has 8 heteroatoms. The monoisotopic (exact) mass is 471 g/mol. The van der Waals surface area contributed by atoms with E-state index < -0.39 is 0 Å². The topological polar surface area (TPSA) is 66.1 Å². The van der Waals surface area contributed by atoms with Crippen LogP contribution in [-0.4, -0.2) is 61.3 Å². The van der Waals surface area contributed by atoms with Crippen molar-refractivity contribution in [2.24, 2.45) is 4.99 Å². The Morgan fingerprint density at radius 1 is 1.23 bits per heavy atom. The normalized spacial score (nSPS) is 15.5. The number of halogens is 1. The van der Waals surface area contributed by atoms with Crippen LogP contribution in [-0.2, 0) is 13.1 Å². The predicted molar refractivity (Wildman–Crippen MR) is 112 cm³/mol. The summed E-state index contributed by atoms with van der Waals surface area (Å²) >= 11 is 0. The standard InChI is InChI=1S/C18H25N5O2.HI/c1-19-18(20-13-15-5-3-4-6-17(15)24-2)23-10-8-22(9-11-23)14-16-7-12-25-21-16;/h3-7,12H,8-11,13-14H2,1-2H3,(H,19,20);1H. The summed E-state index contributed by atoms with van der Waals surface area (Å²) in [6.07, 6.45) is 1.62. The SMILES string of the molecule is CN=C(NCc1ccccc1OC)N1CCN(Cc2ccon2)CC1.I. The van der Waals surface area contributed by atoms with Crippen molar-refractivity contribution in [3.05, 3.63) is 47.9 Å². The van der Waals surface area contributed by atoms with Crippen molar-refractivity contribution < 1.29 is 9.26 Å². The van der Waals surface area contributed by atoms with E-state index in [1.165, 1.54) is 0 Å². The van der Waals surface area contributed by atoms with Gasteiger partial charge in [0.25, 0.3) is 0 Å². The fraction of sp³-hybridized carbons (Fsp3) is 0.444. The Labute approximate surface area is 171 Å². The molecule has 0 aliphatic carbocycles. The van der Waals surface area contributed by atoms with Crippen molar-refractivity contribution in [2.75, 3.05) is 40.3 Å². The molecule has 0 atom stereocenters. The highest BCUT2D eigenvalue weighted by molar-refractivity contribution is 14.0. The van der Waals surface area contributed by atoms with Gasteiger partial charge >= 0.3 is 0 Å². The van der Waals surface area contributed by atoms with Crippen LogP contribution in [0.25, 0.3) is 0 Å². The Balaban J connectivity index is 0.00000243. The molecule has 1 aliphatic rings. The smallest absolute Gasteiger partial charge is 0.194 e. The molecule has 1 N–H and O–H groups in total. The number of aliphatic imine (C=N–C) groups is 1. The summed E-state index contributed by atoms with van der Waals surface area (Å²) in [6.45, 7) is 5.34. The highest BCUT2D eigenvalue weighted by Gasteiger charge is 2.20. The molecule has 1 aliphatic heterocycles. The van der Waals surface area contributed by atoms with E-state index in [9.17, 15) is 0 Å². The summed E-state index contributed by atoms with van der Waals surface area (Å²) in [5.74, 6) is 1.81. The lowest BCUT2D eigenvalue weighted by atomic mass is 10.2. The molecule has 1 fully saturated rings. The van der Waals surface area contributed by atoms with Crippen molar-refractivity contribution in [3.8, 4) is 5.75 Å². The van der Waals surface area contributed by atoms with Gasteiger partial charge < -0.3 is 19.5 Å². The number of aromatic nitrogens is 1. The third kappa shape index (κ3) is 5.34. The Bertz CT molecular complexity index is 685. The number of nitrogens with one attached hydrogen (secondary N) is 1. The van der Waals surface area contributed by atoms with Crippen molar-refractivity contribution in [2.45, 2.75) is 13.1 Å². The van der Waals surface area contributed by atoms with Crippen LogP contribution in [0.1, 0.15) is 11.3 Å². The van der Waals surface area contributed by atoms with E-state index >= 15 is 0 Å². The number of nitrogens with zero attached hydrogens (tertiary/aromatic N) is 4. The van der Waals surface area contributed by atoms with Crippen LogP contribution in [0.5, 0.6) is 5.75 Å². The van der Waals surface area contributed by atoms with E-state index in [1.54, 1.807) is 13.4 Å². The number of hydrogen-bond donors (Lipinski definition) is 1. The fourth-order valence-corrected chi connectivity index (χ4v) is 3.02. The first-order chi connectivity index (χ1) is 12.3. The second kappa shape index (κ2) is 10.4. The summed E-state index contributed by atoms with van der Waals surface area (Å²) in [7, 11) is 3.52. The maximum atomic E-state index is 5.41. The molecule has 1 aromatic heterocycles. The Kier molecular flexibility index (Phi) is 8.17. The van der Waals surface area contributed by atoms with Gasteiger partial charge in [0, 0.05) is 57.9 Å².